The Morgan fingerprint density at radius 1 is 1.30 bits per heavy atom. The summed E-state index contributed by atoms with van der Waals surface area (Å²) >= 11 is 0. The van der Waals surface area contributed by atoms with E-state index in [4.69, 9.17) is 14.6 Å². The first kappa shape index (κ1) is 15.1. The highest BCUT2D eigenvalue weighted by molar-refractivity contribution is 5.45. The van der Waals surface area contributed by atoms with E-state index in [-0.39, 0.29) is 18.8 Å². The van der Waals surface area contributed by atoms with E-state index < -0.39 is 6.10 Å². The van der Waals surface area contributed by atoms with Gasteiger partial charge >= 0.3 is 0 Å². The van der Waals surface area contributed by atoms with Crippen LogP contribution < -0.4 is 14.8 Å². The van der Waals surface area contributed by atoms with Crippen LogP contribution in [0.15, 0.2) is 18.2 Å². The fourth-order valence-corrected chi connectivity index (χ4v) is 2.18. The second kappa shape index (κ2) is 6.43. The lowest BCUT2D eigenvalue weighted by molar-refractivity contribution is 0.159. The van der Waals surface area contributed by atoms with Gasteiger partial charge in [0.05, 0.1) is 6.10 Å². The lowest BCUT2D eigenvalue weighted by atomic mass is 9.89. The normalized spacial score (nSPS) is 15.4. The van der Waals surface area contributed by atoms with Crippen molar-refractivity contribution in [3.63, 3.8) is 0 Å². The lowest BCUT2D eigenvalue weighted by Crippen LogP contribution is -2.32. The Hall–Kier alpha value is -1.30. The maximum absolute atomic E-state index is 10.2. The van der Waals surface area contributed by atoms with Gasteiger partial charge in [0.15, 0.2) is 11.5 Å². The smallest absolute Gasteiger partial charge is 0.231 e. The van der Waals surface area contributed by atoms with Gasteiger partial charge in [0.2, 0.25) is 6.79 Å². The summed E-state index contributed by atoms with van der Waals surface area (Å²) in [4.78, 5) is 0. The molecule has 3 N–H and O–H groups in total. The van der Waals surface area contributed by atoms with Crippen LogP contribution in [-0.2, 0) is 0 Å². The summed E-state index contributed by atoms with van der Waals surface area (Å²) in [5, 5.41) is 22.4. The quantitative estimate of drug-likeness (QED) is 0.705. The van der Waals surface area contributed by atoms with E-state index in [0.717, 1.165) is 24.3 Å². The number of benzene rings is 1. The lowest BCUT2D eigenvalue weighted by Gasteiger charge is -2.25. The molecule has 5 heteroatoms. The van der Waals surface area contributed by atoms with E-state index in [9.17, 15) is 5.11 Å². The van der Waals surface area contributed by atoms with Crippen LogP contribution >= 0.6 is 0 Å². The second-order valence-electron chi connectivity index (χ2n) is 5.90. The third-order valence-corrected chi connectivity index (χ3v) is 3.51. The molecule has 0 fully saturated rings. The molecule has 0 radical (unpaired) electrons. The predicted molar refractivity (Wildman–Crippen MR) is 75.9 cm³/mol. The standard InChI is InChI=1S/C15H23NO4/c1-15(2,5-6-17)9-16-8-12(18)11-3-4-13-14(7-11)20-10-19-13/h3-4,7,12,16-18H,5-6,8-10H2,1-2H3. The Balaban J connectivity index is 1.84. The van der Waals surface area contributed by atoms with E-state index >= 15 is 0 Å². The number of ether oxygens (including phenoxy) is 2. The third-order valence-electron chi connectivity index (χ3n) is 3.51. The Labute approximate surface area is 119 Å². The maximum Gasteiger partial charge on any atom is 0.231 e. The molecular weight excluding hydrogens is 258 g/mol. The number of fused-ring (bicyclic) bond motifs is 1. The molecule has 0 saturated heterocycles. The summed E-state index contributed by atoms with van der Waals surface area (Å²) in [7, 11) is 0. The molecule has 2 rings (SSSR count). The fraction of sp³-hybridized carbons (Fsp3) is 0.600. The minimum atomic E-state index is -0.588. The van der Waals surface area contributed by atoms with Crippen molar-refractivity contribution in [1.29, 1.82) is 0 Å². The largest absolute Gasteiger partial charge is 0.454 e. The maximum atomic E-state index is 10.2. The summed E-state index contributed by atoms with van der Waals surface area (Å²) in [5.41, 5.74) is 0.824. The van der Waals surface area contributed by atoms with E-state index in [0.29, 0.717) is 12.3 Å². The molecule has 0 saturated carbocycles. The first-order chi connectivity index (χ1) is 9.52. The van der Waals surface area contributed by atoms with Gasteiger partial charge in [-0.25, -0.2) is 0 Å². The van der Waals surface area contributed by atoms with E-state index in [1.165, 1.54) is 0 Å². The third kappa shape index (κ3) is 3.85. The highest BCUT2D eigenvalue weighted by atomic mass is 16.7. The van der Waals surface area contributed by atoms with Crippen molar-refractivity contribution in [1.82, 2.24) is 5.32 Å². The first-order valence-corrected chi connectivity index (χ1v) is 6.91. The first-order valence-electron chi connectivity index (χ1n) is 6.91. The summed E-state index contributed by atoms with van der Waals surface area (Å²) < 4.78 is 10.5. The Bertz CT molecular complexity index is 447. The van der Waals surface area contributed by atoms with Crippen molar-refractivity contribution in [2.75, 3.05) is 26.5 Å². The van der Waals surface area contributed by atoms with Gasteiger partial charge in [0, 0.05) is 19.7 Å². The Morgan fingerprint density at radius 3 is 2.80 bits per heavy atom. The van der Waals surface area contributed by atoms with Gasteiger partial charge in [-0.2, -0.15) is 0 Å². The van der Waals surface area contributed by atoms with Gasteiger partial charge in [-0.05, 0) is 29.5 Å². The number of rotatable bonds is 7. The van der Waals surface area contributed by atoms with Crippen LogP contribution in [0.5, 0.6) is 11.5 Å². The van der Waals surface area contributed by atoms with Crippen molar-refractivity contribution in [3.05, 3.63) is 23.8 Å². The van der Waals surface area contributed by atoms with Crippen LogP contribution in [0.3, 0.4) is 0 Å². The van der Waals surface area contributed by atoms with Gasteiger partial charge < -0.3 is 25.0 Å². The second-order valence-corrected chi connectivity index (χ2v) is 5.90. The molecule has 1 aromatic rings. The summed E-state index contributed by atoms with van der Waals surface area (Å²) in [6.07, 6.45) is 0.148. The molecule has 1 aliphatic heterocycles. The van der Waals surface area contributed by atoms with E-state index in [1.54, 1.807) is 0 Å². The zero-order valence-corrected chi connectivity index (χ0v) is 12.1. The molecule has 5 nitrogen and oxygen atoms in total. The van der Waals surface area contributed by atoms with E-state index in [1.807, 2.05) is 18.2 Å². The van der Waals surface area contributed by atoms with Crippen LogP contribution in [0.25, 0.3) is 0 Å². The van der Waals surface area contributed by atoms with Gasteiger partial charge in [-0.15, -0.1) is 0 Å². The minimum absolute atomic E-state index is 0.0172. The summed E-state index contributed by atoms with van der Waals surface area (Å²) in [6, 6.07) is 5.48. The molecule has 0 spiro atoms. The molecule has 1 aromatic carbocycles. The summed E-state index contributed by atoms with van der Waals surface area (Å²) in [5.74, 6) is 1.40. The van der Waals surface area contributed by atoms with Crippen LogP contribution in [0.1, 0.15) is 31.9 Å². The molecule has 20 heavy (non-hydrogen) atoms. The molecule has 0 aliphatic carbocycles. The number of hydrogen-bond donors (Lipinski definition) is 3. The fourth-order valence-electron chi connectivity index (χ4n) is 2.18. The van der Waals surface area contributed by atoms with Gasteiger partial charge in [-0.1, -0.05) is 19.9 Å². The van der Waals surface area contributed by atoms with Crippen LogP contribution in [0, 0.1) is 5.41 Å². The molecule has 112 valence electrons. The van der Waals surface area contributed by atoms with Crippen molar-refractivity contribution >= 4 is 0 Å². The van der Waals surface area contributed by atoms with Crippen LogP contribution in [0.2, 0.25) is 0 Å². The highest BCUT2D eigenvalue weighted by Gasteiger charge is 2.19. The van der Waals surface area contributed by atoms with Crippen LogP contribution in [0.4, 0.5) is 0 Å². The SMILES string of the molecule is CC(C)(CCO)CNCC(O)c1ccc2c(c1)OCO2. The van der Waals surface area contributed by atoms with Crippen molar-refractivity contribution in [3.8, 4) is 11.5 Å². The van der Waals surface area contributed by atoms with Gasteiger partial charge in [0.25, 0.3) is 0 Å². The predicted octanol–water partition coefficient (Wildman–Crippen LogP) is 1.45. The molecule has 1 aliphatic rings. The molecule has 1 atom stereocenters. The van der Waals surface area contributed by atoms with Gasteiger partial charge in [0.1, 0.15) is 0 Å². The summed E-state index contributed by atoms with van der Waals surface area (Å²) in [6.45, 7) is 5.80. The van der Waals surface area contributed by atoms with Crippen LogP contribution in [-0.4, -0.2) is 36.7 Å². The number of aliphatic hydroxyl groups excluding tert-OH is 2. The monoisotopic (exact) mass is 281 g/mol. The average molecular weight is 281 g/mol. The molecule has 0 bridgehead atoms. The Kier molecular flexibility index (Phi) is 4.86. The van der Waals surface area contributed by atoms with Gasteiger partial charge in [-0.3, -0.25) is 0 Å². The number of hydrogen-bond acceptors (Lipinski definition) is 5. The zero-order valence-electron chi connectivity index (χ0n) is 12.1. The van der Waals surface area contributed by atoms with Crippen molar-refractivity contribution < 1.29 is 19.7 Å². The van der Waals surface area contributed by atoms with Crippen molar-refractivity contribution in [2.24, 2.45) is 5.41 Å². The number of aliphatic hydroxyl groups is 2. The molecule has 0 aromatic heterocycles. The number of nitrogens with one attached hydrogen (secondary N) is 1. The topological polar surface area (TPSA) is 71.0 Å². The average Bonchev–Trinajstić information content (AvgIpc) is 2.85. The molecular formula is C15H23NO4. The highest BCUT2D eigenvalue weighted by Crippen LogP contribution is 2.34. The molecule has 1 heterocycles. The van der Waals surface area contributed by atoms with E-state index in [2.05, 4.69) is 19.2 Å². The minimum Gasteiger partial charge on any atom is -0.454 e. The molecule has 0 amide bonds. The van der Waals surface area contributed by atoms with Crippen molar-refractivity contribution in [2.45, 2.75) is 26.4 Å². The Morgan fingerprint density at radius 2 is 2.05 bits per heavy atom. The molecule has 1 unspecified atom stereocenters. The zero-order chi connectivity index (χ0) is 14.6.